The van der Waals surface area contributed by atoms with E-state index < -0.39 is 0 Å². The van der Waals surface area contributed by atoms with Crippen LogP contribution in [0.3, 0.4) is 0 Å². The Hall–Kier alpha value is -1.62. The monoisotopic (exact) mass is 248 g/mol. The van der Waals surface area contributed by atoms with Gasteiger partial charge in [-0.1, -0.05) is 0 Å². The molecule has 2 aromatic heterocycles. The predicted octanol–water partition coefficient (Wildman–Crippen LogP) is 2.39. The average Bonchev–Trinajstić information content (AvgIpc) is 2.68. The molecule has 2 aromatic rings. The summed E-state index contributed by atoms with van der Waals surface area (Å²) in [7, 11) is 0. The van der Waals surface area contributed by atoms with Crippen LogP contribution in [0.1, 0.15) is 16.3 Å². The van der Waals surface area contributed by atoms with Crippen molar-refractivity contribution in [1.29, 1.82) is 0 Å². The van der Waals surface area contributed by atoms with Crippen molar-refractivity contribution >= 4 is 22.8 Å². The van der Waals surface area contributed by atoms with Crippen molar-refractivity contribution in [1.82, 2.24) is 9.97 Å². The van der Waals surface area contributed by atoms with Gasteiger partial charge < -0.3 is 11.1 Å². The van der Waals surface area contributed by atoms with Gasteiger partial charge in [0.25, 0.3) is 0 Å². The van der Waals surface area contributed by atoms with Gasteiger partial charge in [-0.3, -0.25) is 0 Å². The highest BCUT2D eigenvalue weighted by Gasteiger charge is 2.01. The van der Waals surface area contributed by atoms with Crippen molar-refractivity contribution in [2.24, 2.45) is 0 Å². The maximum Gasteiger partial charge on any atom is 0.149 e. The zero-order valence-corrected chi connectivity index (χ0v) is 10.8. The second kappa shape index (κ2) is 5.14. The molecule has 0 aromatic carbocycles. The lowest BCUT2D eigenvalue weighted by molar-refractivity contribution is 0.960. The molecule has 0 fully saturated rings. The Bertz CT molecular complexity index is 507. The number of nitrogen functional groups attached to an aromatic ring is 1. The average molecular weight is 248 g/mol. The number of anilines is 2. The van der Waals surface area contributed by atoms with Gasteiger partial charge >= 0.3 is 0 Å². The summed E-state index contributed by atoms with van der Waals surface area (Å²) in [6.45, 7) is 4.79. The molecule has 0 bridgehead atoms. The van der Waals surface area contributed by atoms with Gasteiger partial charge in [-0.2, -0.15) is 0 Å². The number of rotatable bonds is 4. The van der Waals surface area contributed by atoms with E-state index >= 15 is 0 Å². The van der Waals surface area contributed by atoms with Crippen molar-refractivity contribution in [3.8, 4) is 0 Å². The fourth-order valence-corrected chi connectivity index (χ4v) is 2.22. The Kier molecular flexibility index (Phi) is 3.58. The van der Waals surface area contributed by atoms with E-state index in [4.69, 9.17) is 5.73 Å². The number of aryl methyl sites for hydroxylation is 2. The number of nitrogens with one attached hydrogen (secondary N) is 1. The van der Waals surface area contributed by atoms with E-state index in [1.807, 2.05) is 26.1 Å². The van der Waals surface area contributed by atoms with E-state index in [0.29, 0.717) is 5.69 Å². The van der Waals surface area contributed by atoms with Crippen LogP contribution in [0.4, 0.5) is 11.5 Å². The first kappa shape index (κ1) is 11.9. The van der Waals surface area contributed by atoms with E-state index in [9.17, 15) is 0 Å². The van der Waals surface area contributed by atoms with Crippen molar-refractivity contribution in [2.45, 2.75) is 20.3 Å². The largest absolute Gasteiger partial charge is 0.396 e. The molecule has 3 N–H and O–H groups in total. The minimum atomic E-state index is 0.694. The van der Waals surface area contributed by atoms with E-state index in [1.165, 1.54) is 0 Å². The molecule has 5 heteroatoms. The molecule has 0 unspecified atom stereocenters. The molecular weight excluding hydrogens is 232 g/mol. The third-order valence-electron chi connectivity index (χ3n) is 2.39. The highest BCUT2D eigenvalue weighted by molar-refractivity contribution is 7.09. The minimum Gasteiger partial charge on any atom is -0.396 e. The summed E-state index contributed by atoms with van der Waals surface area (Å²) in [5.41, 5.74) is 8.75. The zero-order chi connectivity index (χ0) is 12.3. The van der Waals surface area contributed by atoms with Gasteiger partial charge in [-0.05, 0) is 25.5 Å². The van der Waals surface area contributed by atoms with E-state index in [0.717, 1.165) is 35.0 Å². The number of aromatic nitrogens is 2. The zero-order valence-electron chi connectivity index (χ0n) is 10.0. The molecule has 2 heterocycles. The summed E-state index contributed by atoms with van der Waals surface area (Å²) in [5.74, 6) is 0.752. The summed E-state index contributed by atoms with van der Waals surface area (Å²) in [4.78, 5) is 8.67. The van der Waals surface area contributed by atoms with E-state index in [1.54, 1.807) is 11.3 Å². The highest BCUT2D eigenvalue weighted by Crippen LogP contribution is 2.16. The molecule has 0 aliphatic carbocycles. The number of nitrogens with zero attached hydrogens (tertiary/aromatic N) is 2. The molecule has 0 atom stereocenters. The lowest BCUT2D eigenvalue weighted by Gasteiger charge is -2.07. The molecule has 0 saturated carbocycles. The van der Waals surface area contributed by atoms with Crippen molar-refractivity contribution < 1.29 is 0 Å². The summed E-state index contributed by atoms with van der Waals surface area (Å²) < 4.78 is 0. The first-order valence-electron chi connectivity index (χ1n) is 5.52. The molecule has 0 amide bonds. The van der Waals surface area contributed by atoms with E-state index in [-0.39, 0.29) is 0 Å². The number of thiazole rings is 1. The highest BCUT2D eigenvalue weighted by atomic mass is 32.1. The standard InChI is InChI=1S/C12H16N4S/c1-8-5-11(13)12(15-6-8)14-4-3-10-7-17-9(2)16-10/h5-7H,3-4,13H2,1-2H3,(H,14,15). The Morgan fingerprint density at radius 3 is 2.88 bits per heavy atom. The van der Waals surface area contributed by atoms with Gasteiger partial charge in [0, 0.05) is 24.5 Å². The van der Waals surface area contributed by atoms with E-state index in [2.05, 4.69) is 20.7 Å². The molecule has 0 aliphatic heterocycles. The second-order valence-electron chi connectivity index (χ2n) is 3.99. The lowest BCUT2D eigenvalue weighted by Crippen LogP contribution is -2.08. The molecule has 4 nitrogen and oxygen atoms in total. The summed E-state index contributed by atoms with van der Waals surface area (Å²) in [6, 6.07) is 1.92. The Labute approximate surface area is 105 Å². The normalized spacial score (nSPS) is 10.5. The van der Waals surface area contributed by atoms with Crippen LogP contribution in [0.5, 0.6) is 0 Å². The quantitative estimate of drug-likeness (QED) is 0.872. The van der Waals surface area contributed by atoms with Crippen LogP contribution < -0.4 is 11.1 Å². The number of hydrogen-bond acceptors (Lipinski definition) is 5. The Morgan fingerprint density at radius 1 is 1.41 bits per heavy atom. The predicted molar refractivity (Wildman–Crippen MR) is 72.4 cm³/mol. The third-order valence-corrected chi connectivity index (χ3v) is 3.22. The van der Waals surface area contributed by atoms with Crippen LogP contribution >= 0.6 is 11.3 Å². The number of hydrogen-bond donors (Lipinski definition) is 2. The Balaban J connectivity index is 1.90. The lowest BCUT2D eigenvalue weighted by atomic mass is 10.3. The minimum absolute atomic E-state index is 0.694. The van der Waals surface area contributed by atoms with Crippen molar-refractivity contribution in [2.75, 3.05) is 17.6 Å². The topological polar surface area (TPSA) is 63.8 Å². The SMILES string of the molecule is Cc1cnc(NCCc2csc(C)n2)c(N)c1. The molecule has 2 rings (SSSR count). The molecule has 0 radical (unpaired) electrons. The van der Waals surface area contributed by atoms with Gasteiger partial charge in [0.2, 0.25) is 0 Å². The maximum absolute atomic E-state index is 5.87. The maximum atomic E-state index is 5.87. The molecule has 90 valence electrons. The van der Waals surface area contributed by atoms with Crippen LogP contribution in [0.15, 0.2) is 17.6 Å². The van der Waals surface area contributed by atoms with Gasteiger partial charge in [0.05, 0.1) is 16.4 Å². The Morgan fingerprint density at radius 2 is 2.24 bits per heavy atom. The van der Waals surface area contributed by atoms with Crippen LogP contribution in [-0.4, -0.2) is 16.5 Å². The summed E-state index contributed by atoms with van der Waals surface area (Å²) >= 11 is 1.68. The van der Waals surface area contributed by atoms with Crippen molar-refractivity contribution in [3.63, 3.8) is 0 Å². The molecule has 0 spiro atoms. The number of pyridine rings is 1. The van der Waals surface area contributed by atoms with Crippen LogP contribution in [0, 0.1) is 13.8 Å². The number of nitrogens with two attached hydrogens (primary N) is 1. The van der Waals surface area contributed by atoms with Crippen LogP contribution in [-0.2, 0) is 6.42 Å². The summed E-state index contributed by atoms with van der Waals surface area (Å²) in [5, 5.41) is 6.42. The third kappa shape index (κ3) is 3.17. The van der Waals surface area contributed by atoms with Crippen LogP contribution in [0.25, 0.3) is 0 Å². The summed E-state index contributed by atoms with van der Waals surface area (Å²) in [6.07, 6.45) is 2.70. The first-order valence-corrected chi connectivity index (χ1v) is 6.40. The van der Waals surface area contributed by atoms with Crippen molar-refractivity contribution in [3.05, 3.63) is 33.9 Å². The molecule has 0 saturated heterocycles. The van der Waals surface area contributed by atoms with Gasteiger partial charge in [-0.15, -0.1) is 11.3 Å². The first-order chi connectivity index (χ1) is 8.15. The smallest absolute Gasteiger partial charge is 0.149 e. The molecule has 0 aliphatic rings. The molecular formula is C12H16N4S. The fraction of sp³-hybridized carbons (Fsp3) is 0.333. The van der Waals surface area contributed by atoms with Gasteiger partial charge in [0.15, 0.2) is 0 Å². The van der Waals surface area contributed by atoms with Gasteiger partial charge in [0.1, 0.15) is 5.82 Å². The fourth-order valence-electron chi connectivity index (χ4n) is 1.57. The van der Waals surface area contributed by atoms with Gasteiger partial charge in [-0.25, -0.2) is 9.97 Å². The second-order valence-corrected chi connectivity index (χ2v) is 5.05. The molecule has 17 heavy (non-hydrogen) atoms. The van der Waals surface area contributed by atoms with Crippen LogP contribution in [0.2, 0.25) is 0 Å².